The maximum Gasteiger partial charge on any atom is 0.411 e. The number of nitrogens with one attached hydrogen (secondary N) is 1. The molecule has 5 heteroatoms. The van der Waals surface area contributed by atoms with Crippen LogP contribution in [-0.4, -0.2) is 44.7 Å². The highest BCUT2D eigenvalue weighted by atomic mass is 16.6. The number of ether oxygens (including phenoxy) is 2. The third kappa shape index (κ3) is 1.81. The molecule has 64 valence electrons. The van der Waals surface area contributed by atoms with Gasteiger partial charge in [0.05, 0.1) is 13.8 Å². The summed E-state index contributed by atoms with van der Waals surface area (Å²) in [5, 5.41) is 2.96. The summed E-state index contributed by atoms with van der Waals surface area (Å²) >= 11 is 0. The Morgan fingerprint density at radius 2 is 2.55 bits per heavy atom. The van der Waals surface area contributed by atoms with Crippen LogP contribution in [0, 0.1) is 0 Å². The number of nitrogens with zero attached hydrogens (tertiary/aromatic N) is 1. The predicted molar refractivity (Wildman–Crippen MR) is 37.9 cm³/mol. The monoisotopic (exact) mass is 160 g/mol. The van der Waals surface area contributed by atoms with Crippen LogP contribution in [0.25, 0.3) is 0 Å². The highest BCUT2D eigenvalue weighted by Gasteiger charge is 2.23. The molecule has 1 fully saturated rings. The summed E-state index contributed by atoms with van der Waals surface area (Å²) in [7, 11) is 2.99. The van der Waals surface area contributed by atoms with E-state index in [0.29, 0.717) is 13.3 Å². The zero-order valence-electron chi connectivity index (χ0n) is 6.66. The van der Waals surface area contributed by atoms with Gasteiger partial charge in [-0.3, -0.25) is 10.2 Å². The average molecular weight is 160 g/mol. The molecule has 1 N–H and O–H groups in total. The largest absolute Gasteiger partial charge is 0.453 e. The molecule has 1 saturated heterocycles. The number of hydrogen-bond donors (Lipinski definition) is 1. The Hall–Kier alpha value is -0.810. The summed E-state index contributed by atoms with van der Waals surface area (Å²) in [5.41, 5.74) is 0. The Morgan fingerprint density at radius 3 is 3.00 bits per heavy atom. The van der Waals surface area contributed by atoms with E-state index in [1.165, 1.54) is 12.0 Å². The molecule has 1 aliphatic rings. The first kappa shape index (κ1) is 8.29. The van der Waals surface area contributed by atoms with E-state index >= 15 is 0 Å². The van der Waals surface area contributed by atoms with Crippen molar-refractivity contribution in [3.8, 4) is 0 Å². The van der Waals surface area contributed by atoms with Crippen molar-refractivity contribution in [3.05, 3.63) is 0 Å². The van der Waals surface area contributed by atoms with E-state index in [1.807, 2.05) is 0 Å². The van der Waals surface area contributed by atoms with Crippen molar-refractivity contribution in [2.75, 3.05) is 27.4 Å². The summed E-state index contributed by atoms with van der Waals surface area (Å²) in [6.45, 7) is 1.15. The van der Waals surface area contributed by atoms with Crippen LogP contribution in [0.3, 0.4) is 0 Å². The second kappa shape index (κ2) is 3.54. The van der Waals surface area contributed by atoms with E-state index in [4.69, 9.17) is 4.74 Å². The summed E-state index contributed by atoms with van der Waals surface area (Å²) < 4.78 is 9.66. The molecule has 1 heterocycles. The summed E-state index contributed by atoms with van der Waals surface area (Å²) in [6.07, 6.45) is -0.568. The standard InChI is InChI=1S/C6H12N2O3/c1-8(6(9)10-2)5-3-7-4-11-5/h5,7H,3-4H2,1-2H3. The van der Waals surface area contributed by atoms with Crippen molar-refractivity contribution in [2.45, 2.75) is 6.23 Å². The van der Waals surface area contributed by atoms with Crippen molar-refractivity contribution in [3.63, 3.8) is 0 Å². The molecule has 0 aromatic rings. The van der Waals surface area contributed by atoms with Crippen LogP contribution >= 0.6 is 0 Å². The first-order valence-electron chi connectivity index (χ1n) is 3.39. The average Bonchev–Trinajstić information content (AvgIpc) is 2.53. The maximum absolute atomic E-state index is 10.9. The fourth-order valence-corrected chi connectivity index (χ4v) is 0.907. The van der Waals surface area contributed by atoms with Crippen molar-refractivity contribution in [1.29, 1.82) is 0 Å². The van der Waals surface area contributed by atoms with Crippen LogP contribution in [0.2, 0.25) is 0 Å². The summed E-state index contributed by atoms with van der Waals surface area (Å²) in [6, 6.07) is 0. The first-order valence-corrected chi connectivity index (χ1v) is 3.39. The molecular weight excluding hydrogens is 148 g/mol. The lowest BCUT2D eigenvalue weighted by Crippen LogP contribution is -2.39. The summed E-state index contributed by atoms with van der Waals surface area (Å²) in [5.74, 6) is 0. The van der Waals surface area contributed by atoms with Crippen LogP contribution in [-0.2, 0) is 9.47 Å². The van der Waals surface area contributed by atoms with Crippen LogP contribution in [0.4, 0.5) is 4.79 Å². The molecule has 11 heavy (non-hydrogen) atoms. The lowest BCUT2D eigenvalue weighted by molar-refractivity contribution is 0.00339. The fraction of sp³-hybridized carbons (Fsp3) is 0.833. The number of amides is 1. The number of likely N-dealkylation sites (N-methyl/N-ethyl adjacent to an activating group) is 1. The normalized spacial score (nSPS) is 23.3. The molecule has 1 unspecified atom stereocenters. The minimum absolute atomic E-state index is 0.192. The number of methoxy groups -OCH3 is 1. The molecule has 0 aromatic carbocycles. The smallest absolute Gasteiger partial charge is 0.411 e. The Kier molecular flexibility index (Phi) is 2.67. The molecule has 1 amide bonds. The van der Waals surface area contributed by atoms with Gasteiger partial charge in [-0.15, -0.1) is 0 Å². The van der Waals surface area contributed by atoms with E-state index in [-0.39, 0.29) is 12.3 Å². The van der Waals surface area contributed by atoms with Crippen molar-refractivity contribution < 1.29 is 14.3 Å². The molecule has 5 nitrogen and oxygen atoms in total. The zero-order chi connectivity index (χ0) is 8.27. The molecule has 0 aromatic heterocycles. The third-order valence-corrected chi connectivity index (χ3v) is 1.59. The van der Waals surface area contributed by atoms with Crippen molar-refractivity contribution in [1.82, 2.24) is 10.2 Å². The van der Waals surface area contributed by atoms with Crippen LogP contribution < -0.4 is 5.32 Å². The number of rotatable bonds is 1. The zero-order valence-corrected chi connectivity index (χ0v) is 6.66. The number of carbonyl (C=O) groups is 1. The minimum atomic E-state index is -0.376. The quantitative estimate of drug-likeness (QED) is 0.566. The Labute approximate surface area is 65.3 Å². The molecule has 1 aliphatic heterocycles. The third-order valence-electron chi connectivity index (χ3n) is 1.59. The second-order valence-electron chi connectivity index (χ2n) is 2.30. The van der Waals surface area contributed by atoms with Gasteiger partial charge < -0.3 is 9.47 Å². The fourth-order valence-electron chi connectivity index (χ4n) is 0.907. The van der Waals surface area contributed by atoms with Gasteiger partial charge in [-0.05, 0) is 0 Å². The highest BCUT2D eigenvalue weighted by Crippen LogP contribution is 2.03. The van der Waals surface area contributed by atoms with Gasteiger partial charge >= 0.3 is 6.09 Å². The molecular formula is C6H12N2O3. The molecule has 1 rings (SSSR count). The van der Waals surface area contributed by atoms with Gasteiger partial charge in [0.2, 0.25) is 0 Å². The maximum atomic E-state index is 10.9. The topological polar surface area (TPSA) is 50.8 Å². The summed E-state index contributed by atoms with van der Waals surface area (Å²) in [4.78, 5) is 12.3. The lowest BCUT2D eigenvalue weighted by atomic mass is 10.5. The second-order valence-corrected chi connectivity index (χ2v) is 2.30. The Morgan fingerprint density at radius 1 is 1.82 bits per heavy atom. The number of carbonyl (C=O) groups excluding carboxylic acids is 1. The van der Waals surface area contributed by atoms with Gasteiger partial charge in [-0.2, -0.15) is 0 Å². The van der Waals surface area contributed by atoms with Crippen molar-refractivity contribution in [2.24, 2.45) is 0 Å². The molecule has 0 bridgehead atoms. The molecule has 0 radical (unpaired) electrons. The van der Waals surface area contributed by atoms with E-state index in [0.717, 1.165) is 0 Å². The number of hydrogen-bond acceptors (Lipinski definition) is 4. The molecule has 0 saturated carbocycles. The van der Waals surface area contributed by atoms with E-state index in [9.17, 15) is 4.79 Å². The van der Waals surface area contributed by atoms with Crippen LogP contribution in [0.5, 0.6) is 0 Å². The van der Waals surface area contributed by atoms with E-state index in [1.54, 1.807) is 7.05 Å². The SMILES string of the molecule is COC(=O)N(C)C1CNCO1. The van der Waals surface area contributed by atoms with E-state index in [2.05, 4.69) is 10.1 Å². The first-order chi connectivity index (χ1) is 5.25. The van der Waals surface area contributed by atoms with Crippen LogP contribution in [0.1, 0.15) is 0 Å². The Balaban J connectivity index is 2.39. The molecule has 0 aliphatic carbocycles. The van der Waals surface area contributed by atoms with Crippen molar-refractivity contribution >= 4 is 6.09 Å². The predicted octanol–water partition coefficient (Wildman–Crippen LogP) is -0.412. The highest BCUT2D eigenvalue weighted by molar-refractivity contribution is 5.67. The van der Waals surface area contributed by atoms with Gasteiger partial charge in [-0.1, -0.05) is 0 Å². The van der Waals surface area contributed by atoms with Gasteiger partial charge in [-0.25, -0.2) is 4.79 Å². The minimum Gasteiger partial charge on any atom is -0.453 e. The lowest BCUT2D eigenvalue weighted by Gasteiger charge is -2.20. The van der Waals surface area contributed by atoms with Crippen LogP contribution in [0.15, 0.2) is 0 Å². The molecule has 1 atom stereocenters. The van der Waals surface area contributed by atoms with Gasteiger partial charge in [0.25, 0.3) is 0 Å². The van der Waals surface area contributed by atoms with E-state index < -0.39 is 0 Å². The molecule has 0 spiro atoms. The van der Waals surface area contributed by atoms with Gasteiger partial charge in [0.1, 0.15) is 6.23 Å². The van der Waals surface area contributed by atoms with Gasteiger partial charge in [0.15, 0.2) is 0 Å². The Bertz CT molecular complexity index is 145. The van der Waals surface area contributed by atoms with Gasteiger partial charge in [0, 0.05) is 13.6 Å².